The fourth-order valence-electron chi connectivity index (χ4n) is 1.38. The van der Waals surface area contributed by atoms with Crippen molar-refractivity contribution in [3.63, 3.8) is 0 Å². The fraction of sp³-hybridized carbons (Fsp3) is 0.400. The maximum absolute atomic E-state index is 6.03. The SMILES string of the molecule is CCc1ccc(CC(N)c2cnsn2)s1. The lowest BCUT2D eigenvalue weighted by atomic mass is 10.1. The maximum Gasteiger partial charge on any atom is 0.0913 e. The van der Waals surface area contributed by atoms with Gasteiger partial charge in [0.1, 0.15) is 0 Å². The van der Waals surface area contributed by atoms with E-state index < -0.39 is 0 Å². The van der Waals surface area contributed by atoms with Crippen molar-refractivity contribution in [3.05, 3.63) is 33.8 Å². The van der Waals surface area contributed by atoms with E-state index in [2.05, 4.69) is 27.8 Å². The number of aromatic nitrogens is 2. The van der Waals surface area contributed by atoms with Crippen LogP contribution in [0.15, 0.2) is 18.3 Å². The molecule has 0 aliphatic carbocycles. The monoisotopic (exact) mass is 239 g/mol. The molecule has 1 unspecified atom stereocenters. The third-order valence-corrected chi connectivity index (χ3v) is 3.99. The first-order valence-electron chi connectivity index (χ1n) is 4.90. The van der Waals surface area contributed by atoms with Crippen molar-refractivity contribution < 1.29 is 0 Å². The Morgan fingerprint density at radius 3 is 2.80 bits per heavy atom. The van der Waals surface area contributed by atoms with E-state index in [0.717, 1.165) is 18.5 Å². The van der Waals surface area contributed by atoms with Gasteiger partial charge >= 0.3 is 0 Å². The van der Waals surface area contributed by atoms with Crippen molar-refractivity contribution in [1.29, 1.82) is 0 Å². The number of nitrogens with zero attached hydrogens (tertiary/aromatic N) is 2. The van der Waals surface area contributed by atoms with Gasteiger partial charge < -0.3 is 5.73 Å². The van der Waals surface area contributed by atoms with Crippen LogP contribution < -0.4 is 5.73 Å². The molecule has 0 aliphatic rings. The van der Waals surface area contributed by atoms with Crippen molar-refractivity contribution in [3.8, 4) is 0 Å². The van der Waals surface area contributed by atoms with E-state index in [-0.39, 0.29) is 6.04 Å². The molecule has 0 bridgehead atoms. The summed E-state index contributed by atoms with van der Waals surface area (Å²) in [6, 6.07) is 4.31. The van der Waals surface area contributed by atoms with Gasteiger partial charge in [0.05, 0.1) is 29.7 Å². The number of aryl methyl sites for hydroxylation is 1. The summed E-state index contributed by atoms with van der Waals surface area (Å²) >= 11 is 3.05. The molecule has 0 spiro atoms. The van der Waals surface area contributed by atoms with Gasteiger partial charge in [-0.25, -0.2) is 0 Å². The van der Waals surface area contributed by atoms with Crippen LogP contribution in [0, 0.1) is 0 Å². The molecule has 0 saturated carbocycles. The van der Waals surface area contributed by atoms with Gasteiger partial charge in [-0.3, -0.25) is 0 Å². The van der Waals surface area contributed by atoms with Crippen LogP contribution in [0.5, 0.6) is 0 Å². The summed E-state index contributed by atoms with van der Waals surface area (Å²) in [7, 11) is 0. The van der Waals surface area contributed by atoms with Crippen LogP contribution in [-0.4, -0.2) is 8.75 Å². The van der Waals surface area contributed by atoms with Crippen LogP contribution in [0.4, 0.5) is 0 Å². The number of thiophene rings is 1. The quantitative estimate of drug-likeness (QED) is 0.891. The molecule has 80 valence electrons. The van der Waals surface area contributed by atoms with Crippen LogP contribution in [0.25, 0.3) is 0 Å². The molecule has 1 atom stereocenters. The zero-order valence-corrected chi connectivity index (χ0v) is 10.1. The van der Waals surface area contributed by atoms with Crippen molar-refractivity contribution in [2.75, 3.05) is 0 Å². The van der Waals surface area contributed by atoms with E-state index in [1.54, 1.807) is 6.20 Å². The number of nitrogens with two attached hydrogens (primary N) is 1. The van der Waals surface area contributed by atoms with Gasteiger partial charge in [0.2, 0.25) is 0 Å². The summed E-state index contributed by atoms with van der Waals surface area (Å²) in [5.74, 6) is 0. The van der Waals surface area contributed by atoms with Gasteiger partial charge in [-0.1, -0.05) is 6.92 Å². The molecular formula is C10H13N3S2. The topological polar surface area (TPSA) is 51.8 Å². The van der Waals surface area contributed by atoms with E-state index in [0.29, 0.717) is 0 Å². The second-order valence-electron chi connectivity index (χ2n) is 3.36. The molecule has 2 rings (SSSR count). The largest absolute Gasteiger partial charge is 0.322 e. The van der Waals surface area contributed by atoms with Crippen LogP contribution in [-0.2, 0) is 12.8 Å². The van der Waals surface area contributed by atoms with Crippen LogP contribution in [0.3, 0.4) is 0 Å². The average molecular weight is 239 g/mol. The molecule has 0 saturated heterocycles. The van der Waals surface area contributed by atoms with E-state index in [9.17, 15) is 0 Å². The van der Waals surface area contributed by atoms with Crippen molar-refractivity contribution in [1.82, 2.24) is 8.75 Å². The standard InChI is InChI=1S/C10H13N3S2/c1-2-7-3-4-8(14-7)5-9(11)10-6-12-15-13-10/h3-4,6,9H,2,5,11H2,1H3. The number of hydrogen-bond donors (Lipinski definition) is 1. The molecule has 5 heteroatoms. The Balaban J connectivity index is 2.02. The highest BCUT2D eigenvalue weighted by Crippen LogP contribution is 2.22. The molecule has 0 radical (unpaired) electrons. The van der Waals surface area contributed by atoms with Gasteiger partial charge in [-0.15, -0.1) is 11.3 Å². The van der Waals surface area contributed by atoms with Crippen molar-refractivity contribution in [2.24, 2.45) is 5.73 Å². The lowest BCUT2D eigenvalue weighted by Crippen LogP contribution is -2.12. The second-order valence-corrected chi connectivity index (χ2v) is 5.17. The smallest absolute Gasteiger partial charge is 0.0913 e. The Hall–Kier alpha value is -0.780. The molecule has 0 aromatic carbocycles. The first kappa shape index (κ1) is 10.7. The zero-order chi connectivity index (χ0) is 10.7. The van der Waals surface area contributed by atoms with Gasteiger partial charge in [0.15, 0.2) is 0 Å². The molecule has 2 aromatic heterocycles. The molecular weight excluding hydrogens is 226 g/mol. The third kappa shape index (κ3) is 2.62. The lowest BCUT2D eigenvalue weighted by molar-refractivity contribution is 0.712. The van der Waals surface area contributed by atoms with Crippen LogP contribution in [0.1, 0.15) is 28.4 Å². The summed E-state index contributed by atoms with van der Waals surface area (Å²) in [6.07, 6.45) is 3.71. The molecule has 0 fully saturated rings. The summed E-state index contributed by atoms with van der Waals surface area (Å²) in [4.78, 5) is 2.74. The predicted octanol–water partition coefficient (Wildman–Crippen LogP) is 2.40. The normalized spacial score (nSPS) is 12.9. The lowest BCUT2D eigenvalue weighted by Gasteiger charge is -2.05. The van der Waals surface area contributed by atoms with Crippen LogP contribution >= 0.6 is 23.1 Å². The molecule has 2 aromatic rings. The van der Waals surface area contributed by atoms with Gasteiger partial charge in [0, 0.05) is 16.2 Å². The predicted molar refractivity (Wildman–Crippen MR) is 64.2 cm³/mol. The number of hydrogen-bond acceptors (Lipinski definition) is 5. The van der Waals surface area contributed by atoms with E-state index >= 15 is 0 Å². The Labute approximate surface area is 97.3 Å². The van der Waals surface area contributed by atoms with Gasteiger partial charge in [-0.05, 0) is 18.6 Å². The average Bonchev–Trinajstić information content (AvgIpc) is 2.87. The minimum Gasteiger partial charge on any atom is -0.322 e. The molecule has 2 heterocycles. The summed E-state index contributed by atoms with van der Waals surface area (Å²) in [5.41, 5.74) is 6.93. The van der Waals surface area contributed by atoms with E-state index in [4.69, 9.17) is 5.73 Å². The molecule has 0 aliphatic heterocycles. The summed E-state index contributed by atoms with van der Waals surface area (Å²) < 4.78 is 8.11. The Morgan fingerprint density at radius 1 is 1.40 bits per heavy atom. The second kappa shape index (κ2) is 4.83. The highest BCUT2D eigenvalue weighted by Gasteiger charge is 2.11. The highest BCUT2D eigenvalue weighted by molar-refractivity contribution is 7.12. The summed E-state index contributed by atoms with van der Waals surface area (Å²) in [5, 5.41) is 0. The molecule has 3 nitrogen and oxygen atoms in total. The summed E-state index contributed by atoms with van der Waals surface area (Å²) in [6.45, 7) is 2.17. The first-order chi connectivity index (χ1) is 7.29. The van der Waals surface area contributed by atoms with Gasteiger partial charge in [-0.2, -0.15) is 8.75 Å². The highest BCUT2D eigenvalue weighted by atomic mass is 32.1. The molecule has 0 amide bonds. The first-order valence-corrected chi connectivity index (χ1v) is 6.45. The fourth-order valence-corrected chi connectivity index (χ4v) is 2.87. The molecule has 2 N–H and O–H groups in total. The molecule has 15 heavy (non-hydrogen) atoms. The Bertz CT molecular complexity index is 408. The minimum atomic E-state index is -0.0212. The zero-order valence-electron chi connectivity index (χ0n) is 8.51. The van der Waals surface area contributed by atoms with E-state index in [1.807, 2.05) is 11.3 Å². The van der Waals surface area contributed by atoms with Crippen molar-refractivity contribution >= 4 is 23.1 Å². The Morgan fingerprint density at radius 2 is 2.20 bits per heavy atom. The minimum absolute atomic E-state index is 0.0212. The Kier molecular flexibility index (Phi) is 3.45. The number of rotatable bonds is 4. The van der Waals surface area contributed by atoms with E-state index in [1.165, 1.54) is 21.5 Å². The van der Waals surface area contributed by atoms with Crippen LogP contribution in [0.2, 0.25) is 0 Å². The van der Waals surface area contributed by atoms with Gasteiger partial charge in [0.25, 0.3) is 0 Å². The van der Waals surface area contributed by atoms with Crippen molar-refractivity contribution in [2.45, 2.75) is 25.8 Å². The third-order valence-electron chi connectivity index (χ3n) is 2.25. The maximum atomic E-state index is 6.03.